The Morgan fingerprint density at radius 1 is 1.03 bits per heavy atom. The lowest BCUT2D eigenvalue weighted by atomic mass is 9.85. The molecule has 0 aliphatic carbocycles. The minimum Gasteiger partial charge on any atom is -0.507 e. The molecule has 5 rings (SSSR count). The van der Waals surface area contributed by atoms with E-state index >= 15 is 0 Å². The quantitative estimate of drug-likeness (QED) is 0.299. The van der Waals surface area contributed by atoms with Gasteiger partial charge >= 0.3 is 0 Å². The van der Waals surface area contributed by atoms with E-state index in [0.717, 1.165) is 28.9 Å². The number of aliphatic hydroxyl groups is 1. The molecular weight excluding hydrogens is 454 g/mol. The van der Waals surface area contributed by atoms with Crippen molar-refractivity contribution in [2.75, 3.05) is 18.6 Å². The highest BCUT2D eigenvalue weighted by molar-refractivity contribution is 6.51. The zero-order valence-electron chi connectivity index (χ0n) is 20.9. The maximum absolute atomic E-state index is 13.4. The molecule has 0 spiro atoms. The Hall–Kier alpha value is -4.06. The maximum Gasteiger partial charge on any atom is 0.300 e. The van der Waals surface area contributed by atoms with Gasteiger partial charge in [0.2, 0.25) is 0 Å². The molecule has 0 bridgehead atoms. The lowest BCUT2D eigenvalue weighted by Crippen LogP contribution is -2.29. The van der Waals surface area contributed by atoms with Crippen LogP contribution < -0.4 is 14.4 Å². The molecule has 6 nitrogen and oxygen atoms in total. The number of benzene rings is 3. The second kappa shape index (κ2) is 8.86. The van der Waals surface area contributed by atoms with Gasteiger partial charge in [-0.2, -0.15) is 0 Å². The lowest BCUT2D eigenvalue weighted by molar-refractivity contribution is -0.132. The Kier molecular flexibility index (Phi) is 5.83. The molecule has 6 heteroatoms. The molecule has 1 fully saturated rings. The van der Waals surface area contributed by atoms with E-state index in [1.807, 2.05) is 30.3 Å². The van der Waals surface area contributed by atoms with Crippen LogP contribution in [0.4, 0.5) is 5.69 Å². The molecule has 0 saturated carbocycles. The minimum absolute atomic E-state index is 0.0559. The average Bonchev–Trinajstić information content (AvgIpc) is 3.45. The highest BCUT2D eigenvalue weighted by atomic mass is 16.5. The Bertz CT molecular complexity index is 1380. The number of amides is 1. The molecule has 2 aliphatic heterocycles. The molecule has 1 N–H and O–H groups in total. The van der Waals surface area contributed by atoms with Crippen LogP contribution in [0.1, 0.15) is 49.1 Å². The fourth-order valence-corrected chi connectivity index (χ4v) is 4.83. The first-order valence-corrected chi connectivity index (χ1v) is 12.0. The smallest absolute Gasteiger partial charge is 0.300 e. The monoisotopic (exact) mass is 483 g/mol. The largest absolute Gasteiger partial charge is 0.507 e. The van der Waals surface area contributed by atoms with Crippen LogP contribution in [0.3, 0.4) is 0 Å². The average molecular weight is 484 g/mol. The molecule has 2 heterocycles. The summed E-state index contributed by atoms with van der Waals surface area (Å²) in [5, 5.41) is 11.4. The SMILES string of the molecule is COc1cccc(N2C(=O)C(=O)/C(=C(\O)c3ccc4c(c3)CCO4)C2c2ccc(C(C)(C)C)cc2)c1. The number of ether oxygens (including phenoxy) is 2. The predicted molar refractivity (Wildman–Crippen MR) is 139 cm³/mol. The highest BCUT2D eigenvalue weighted by Crippen LogP contribution is 2.43. The van der Waals surface area contributed by atoms with Crippen LogP contribution in [-0.2, 0) is 21.4 Å². The van der Waals surface area contributed by atoms with Gasteiger partial charge < -0.3 is 14.6 Å². The van der Waals surface area contributed by atoms with E-state index in [-0.39, 0.29) is 16.7 Å². The number of methoxy groups -OCH3 is 1. The van der Waals surface area contributed by atoms with E-state index < -0.39 is 17.7 Å². The van der Waals surface area contributed by atoms with Crippen molar-refractivity contribution in [3.63, 3.8) is 0 Å². The number of ketones is 1. The van der Waals surface area contributed by atoms with Crippen LogP contribution in [0.5, 0.6) is 11.5 Å². The Morgan fingerprint density at radius 3 is 2.47 bits per heavy atom. The van der Waals surface area contributed by atoms with Crippen LogP contribution in [0.15, 0.2) is 72.3 Å². The Morgan fingerprint density at radius 2 is 1.78 bits per heavy atom. The van der Waals surface area contributed by atoms with Crippen LogP contribution >= 0.6 is 0 Å². The Balaban J connectivity index is 1.69. The fourth-order valence-electron chi connectivity index (χ4n) is 4.83. The first kappa shape index (κ1) is 23.7. The van der Waals surface area contributed by atoms with Crippen molar-refractivity contribution >= 4 is 23.1 Å². The summed E-state index contributed by atoms with van der Waals surface area (Å²) < 4.78 is 10.9. The predicted octanol–water partition coefficient (Wildman–Crippen LogP) is 5.55. The molecule has 3 aromatic rings. The first-order chi connectivity index (χ1) is 17.2. The molecule has 1 amide bonds. The fraction of sp³-hybridized carbons (Fsp3) is 0.267. The van der Waals surface area contributed by atoms with Gasteiger partial charge in [-0.1, -0.05) is 51.1 Å². The van der Waals surface area contributed by atoms with Gasteiger partial charge in [-0.05, 0) is 52.4 Å². The third-order valence-electron chi connectivity index (χ3n) is 6.83. The van der Waals surface area contributed by atoms with E-state index in [1.165, 1.54) is 4.90 Å². The summed E-state index contributed by atoms with van der Waals surface area (Å²) in [5.41, 5.74) is 3.83. The number of nitrogens with zero attached hydrogens (tertiary/aromatic N) is 1. The molecule has 1 unspecified atom stereocenters. The summed E-state index contributed by atoms with van der Waals surface area (Å²) in [6.45, 7) is 6.96. The summed E-state index contributed by atoms with van der Waals surface area (Å²) in [6.07, 6.45) is 0.728. The number of hydrogen-bond donors (Lipinski definition) is 1. The zero-order chi connectivity index (χ0) is 25.6. The molecule has 0 aromatic heterocycles. The van der Waals surface area contributed by atoms with Crippen molar-refractivity contribution < 1.29 is 24.2 Å². The van der Waals surface area contributed by atoms with Crippen molar-refractivity contribution in [3.05, 3.63) is 94.6 Å². The molecule has 2 aliphatic rings. The number of Topliss-reactive ketones (excluding diaryl/α,β-unsaturated/α-hetero) is 1. The molecule has 184 valence electrons. The van der Waals surface area contributed by atoms with Crippen molar-refractivity contribution in [3.8, 4) is 11.5 Å². The summed E-state index contributed by atoms with van der Waals surface area (Å²) in [6, 6.07) is 19.4. The molecule has 3 aromatic carbocycles. The summed E-state index contributed by atoms with van der Waals surface area (Å²) in [4.78, 5) is 28.3. The van der Waals surface area contributed by atoms with Crippen LogP contribution in [0.2, 0.25) is 0 Å². The van der Waals surface area contributed by atoms with Crippen LogP contribution in [0, 0.1) is 0 Å². The lowest BCUT2D eigenvalue weighted by Gasteiger charge is -2.27. The number of carbonyl (C=O) groups is 2. The third kappa shape index (κ3) is 4.02. The van der Waals surface area contributed by atoms with Gasteiger partial charge in [-0.15, -0.1) is 0 Å². The molecular formula is C30H29NO5. The molecule has 0 radical (unpaired) electrons. The van der Waals surface area contributed by atoms with E-state index in [1.54, 1.807) is 43.5 Å². The van der Waals surface area contributed by atoms with Crippen molar-refractivity contribution in [2.45, 2.75) is 38.6 Å². The van der Waals surface area contributed by atoms with E-state index in [2.05, 4.69) is 20.8 Å². The summed E-state index contributed by atoms with van der Waals surface area (Å²) >= 11 is 0. The molecule has 1 atom stereocenters. The number of carbonyl (C=O) groups excluding carboxylic acids is 2. The van der Waals surface area contributed by atoms with Gasteiger partial charge in [-0.3, -0.25) is 14.5 Å². The van der Waals surface area contributed by atoms with Crippen LogP contribution in [0.25, 0.3) is 5.76 Å². The van der Waals surface area contributed by atoms with E-state index in [4.69, 9.17) is 9.47 Å². The topological polar surface area (TPSA) is 76.1 Å². The van der Waals surface area contributed by atoms with Gasteiger partial charge in [-0.25, -0.2) is 0 Å². The van der Waals surface area contributed by atoms with Crippen LogP contribution in [-0.4, -0.2) is 30.5 Å². The second-order valence-electron chi connectivity index (χ2n) is 10.2. The molecule has 1 saturated heterocycles. The Labute approximate surface area is 210 Å². The van der Waals surface area contributed by atoms with Gasteiger partial charge in [0.05, 0.1) is 25.3 Å². The zero-order valence-corrected chi connectivity index (χ0v) is 20.9. The number of hydrogen-bond acceptors (Lipinski definition) is 5. The van der Waals surface area contributed by atoms with Crippen molar-refractivity contribution in [1.29, 1.82) is 0 Å². The van der Waals surface area contributed by atoms with E-state index in [9.17, 15) is 14.7 Å². The highest BCUT2D eigenvalue weighted by Gasteiger charge is 2.47. The van der Waals surface area contributed by atoms with Gasteiger partial charge in [0.1, 0.15) is 17.3 Å². The first-order valence-electron chi connectivity index (χ1n) is 12.0. The number of fused-ring (bicyclic) bond motifs is 1. The minimum atomic E-state index is -0.796. The van der Waals surface area contributed by atoms with E-state index in [0.29, 0.717) is 23.6 Å². The standard InChI is InChI=1S/C30H29NO5/c1-30(2,3)21-11-8-18(9-12-21)26-25(27(32)20-10-13-24-19(16-20)14-15-36-24)28(33)29(34)31(26)22-6-5-7-23(17-22)35-4/h5-13,16-17,26,32H,14-15H2,1-4H3/b27-25-. The maximum atomic E-state index is 13.4. The number of anilines is 1. The number of aliphatic hydroxyl groups excluding tert-OH is 1. The molecule has 36 heavy (non-hydrogen) atoms. The number of rotatable bonds is 4. The van der Waals surface area contributed by atoms with Crippen molar-refractivity contribution in [1.82, 2.24) is 0 Å². The third-order valence-corrected chi connectivity index (χ3v) is 6.83. The normalized spacial score (nSPS) is 18.8. The summed E-state index contributed by atoms with van der Waals surface area (Å²) in [5.74, 6) is -0.276. The second-order valence-corrected chi connectivity index (χ2v) is 10.2. The van der Waals surface area contributed by atoms with Gasteiger partial charge in [0.25, 0.3) is 11.7 Å². The van der Waals surface area contributed by atoms with Gasteiger partial charge in [0.15, 0.2) is 0 Å². The van der Waals surface area contributed by atoms with Gasteiger partial charge in [0, 0.05) is 23.7 Å². The summed E-state index contributed by atoms with van der Waals surface area (Å²) in [7, 11) is 1.55. The van der Waals surface area contributed by atoms with Crippen molar-refractivity contribution in [2.24, 2.45) is 0 Å².